The van der Waals surface area contributed by atoms with E-state index in [1.807, 2.05) is 13.8 Å². The number of pyridine rings is 1. The molecule has 1 aliphatic rings. The normalized spacial score (nSPS) is 24.8. The molecule has 2 rings (SSSR count). The van der Waals surface area contributed by atoms with Crippen molar-refractivity contribution in [2.45, 2.75) is 26.1 Å². The molecule has 17 heavy (non-hydrogen) atoms. The van der Waals surface area contributed by atoms with Crippen molar-refractivity contribution < 1.29 is 13.9 Å². The second-order valence-electron chi connectivity index (χ2n) is 4.32. The number of morpholine rings is 1. The Labute approximate surface area is 99.4 Å². The topological polar surface area (TPSA) is 42.4 Å². The summed E-state index contributed by atoms with van der Waals surface area (Å²) in [4.78, 5) is 17.4. The number of carbonyl (C=O) groups excluding carboxylic acids is 1. The van der Waals surface area contributed by atoms with Crippen LogP contribution in [0.1, 0.15) is 24.2 Å². The second kappa shape index (κ2) is 4.79. The minimum absolute atomic E-state index is 0.0207. The summed E-state index contributed by atoms with van der Waals surface area (Å²) in [7, 11) is 0. The molecule has 4 nitrogen and oxygen atoms in total. The second-order valence-corrected chi connectivity index (χ2v) is 4.32. The minimum atomic E-state index is -0.579. The maximum absolute atomic E-state index is 13.4. The molecule has 1 aromatic heterocycles. The molecule has 0 aromatic carbocycles. The zero-order valence-electron chi connectivity index (χ0n) is 9.89. The van der Waals surface area contributed by atoms with Crippen LogP contribution in [0.4, 0.5) is 4.39 Å². The van der Waals surface area contributed by atoms with E-state index in [0.717, 1.165) is 6.20 Å². The van der Waals surface area contributed by atoms with E-state index in [-0.39, 0.29) is 23.7 Å². The van der Waals surface area contributed by atoms with Crippen molar-refractivity contribution >= 4 is 5.91 Å². The van der Waals surface area contributed by atoms with Gasteiger partial charge in [-0.1, -0.05) is 0 Å². The Morgan fingerprint density at radius 1 is 1.47 bits per heavy atom. The van der Waals surface area contributed by atoms with Gasteiger partial charge >= 0.3 is 0 Å². The van der Waals surface area contributed by atoms with Gasteiger partial charge in [0.2, 0.25) is 0 Å². The first-order valence-electron chi connectivity index (χ1n) is 5.62. The van der Waals surface area contributed by atoms with Gasteiger partial charge in [-0.25, -0.2) is 4.39 Å². The Morgan fingerprint density at radius 3 is 2.71 bits per heavy atom. The minimum Gasteiger partial charge on any atom is -0.372 e. The molecule has 5 heteroatoms. The summed E-state index contributed by atoms with van der Waals surface area (Å²) in [6.45, 7) is 4.79. The largest absolute Gasteiger partial charge is 0.372 e. The highest BCUT2D eigenvalue weighted by molar-refractivity contribution is 5.94. The van der Waals surface area contributed by atoms with Gasteiger partial charge in [0.15, 0.2) is 5.82 Å². The highest BCUT2D eigenvalue weighted by Gasteiger charge is 2.27. The number of ether oxygens (including phenoxy) is 1. The number of hydrogen-bond acceptors (Lipinski definition) is 3. The zero-order chi connectivity index (χ0) is 12.4. The fraction of sp³-hybridized carbons (Fsp3) is 0.500. The third-order valence-electron chi connectivity index (χ3n) is 2.71. The van der Waals surface area contributed by atoms with E-state index in [1.165, 1.54) is 12.3 Å². The number of hydrogen-bond donors (Lipinski definition) is 0. The van der Waals surface area contributed by atoms with Crippen molar-refractivity contribution in [2.24, 2.45) is 0 Å². The van der Waals surface area contributed by atoms with Crippen molar-refractivity contribution in [3.63, 3.8) is 0 Å². The lowest BCUT2D eigenvalue weighted by molar-refractivity contribution is -0.0587. The molecule has 0 N–H and O–H groups in total. The van der Waals surface area contributed by atoms with Crippen molar-refractivity contribution in [2.75, 3.05) is 13.1 Å². The molecular weight excluding hydrogens is 223 g/mol. The summed E-state index contributed by atoms with van der Waals surface area (Å²) in [6.07, 6.45) is 2.43. The van der Waals surface area contributed by atoms with Crippen LogP contribution >= 0.6 is 0 Å². The first-order valence-corrected chi connectivity index (χ1v) is 5.62. The predicted molar refractivity (Wildman–Crippen MR) is 60.1 cm³/mol. The summed E-state index contributed by atoms with van der Waals surface area (Å²) in [5.74, 6) is -0.879. The lowest BCUT2D eigenvalue weighted by Gasteiger charge is -2.35. The van der Waals surface area contributed by atoms with Crippen LogP contribution in [0.25, 0.3) is 0 Å². The molecule has 0 bridgehead atoms. The van der Waals surface area contributed by atoms with E-state index in [2.05, 4.69) is 4.98 Å². The van der Waals surface area contributed by atoms with E-state index in [1.54, 1.807) is 4.90 Å². The standard InChI is InChI=1S/C12H15FN2O2/c1-8-6-15(7-9(2)17-8)12(16)10-3-4-14-5-11(10)13/h3-5,8-9H,6-7H2,1-2H3. The van der Waals surface area contributed by atoms with E-state index in [9.17, 15) is 9.18 Å². The lowest BCUT2D eigenvalue weighted by atomic mass is 10.1. The van der Waals surface area contributed by atoms with E-state index in [4.69, 9.17) is 4.74 Å². The van der Waals surface area contributed by atoms with E-state index >= 15 is 0 Å². The number of nitrogens with zero attached hydrogens (tertiary/aromatic N) is 2. The average molecular weight is 238 g/mol. The number of carbonyl (C=O) groups is 1. The van der Waals surface area contributed by atoms with Gasteiger partial charge in [-0.05, 0) is 19.9 Å². The van der Waals surface area contributed by atoms with Crippen molar-refractivity contribution in [3.8, 4) is 0 Å². The van der Waals surface area contributed by atoms with Gasteiger partial charge in [0, 0.05) is 19.3 Å². The van der Waals surface area contributed by atoms with Gasteiger partial charge in [0.05, 0.1) is 24.0 Å². The fourth-order valence-electron chi connectivity index (χ4n) is 2.06. The van der Waals surface area contributed by atoms with Crippen LogP contribution < -0.4 is 0 Å². The maximum Gasteiger partial charge on any atom is 0.257 e. The van der Waals surface area contributed by atoms with Crippen LogP contribution in [0.15, 0.2) is 18.5 Å². The molecule has 2 heterocycles. The Balaban J connectivity index is 2.17. The number of aromatic nitrogens is 1. The van der Waals surface area contributed by atoms with Gasteiger partial charge in [0.25, 0.3) is 5.91 Å². The summed E-state index contributed by atoms with van der Waals surface area (Å²) in [5, 5.41) is 0. The van der Waals surface area contributed by atoms with Gasteiger partial charge in [-0.3, -0.25) is 9.78 Å². The molecule has 0 saturated carbocycles. The summed E-state index contributed by atoms with van der Waals surface area (Å²) in [5.41, 5.74) is 0.0706. The van der Waals surface area contributed by atoms with Crippen LogP contribution in [-0.2, 0) is 4.74 Å². The molecular formula is C12H15FN2O2. The molecule has 0 radical (unpaired) electrons. The van der Waals surface area contributed by atoms with Crippen molar-refractivity contribution in [1.29, 1.82) is 0 Å². The first-order chi connectivity index (χ1) is 8.08. The highest BCUT2D eigenvalue weighted by atomic mass is 19.1. The SMILES string of the molecule is CC1CN(C(=O)c2ccncc2F)CC(C)O1. The maximum atomic E-state index is 13.4. The Hall–Kier alpha value is -1.49. The molecule has 0 spiro atoms. The molecule has 2 unspecified atom stereocenters. The van der Waals surface area contributed by atoms with Gasteiger partial charge in [0.1, 0.15) is 0 Å². The fourth-order valence-corrected chi connectivity index (χ4v) is 2.06. The molecule has 2 atom stereocenters. The third kappa shape index (κ3) is 2.61. The van der Waals surface area contributed by atoms with Crippen molar-refractivity contribution in [3.05, 3.63) is 29.8 Å². The summed E-state index contributed by atoms with van der Waals surface area (Å²) in [6, 6.07) is 1.41. The number of amides is 1. The Morgan fingerprint density at radius 2 is 2.12 bits per heavy atom. The van der Waals surface area contributed by atoms with Gasteiger partial charge in [-0.15, -0.1) is 0 Å². The van der Waals surface area contributed by atoms with Gasteiger partial charge < -0.3 is 9.64 Å². The average Bonchev–Trinajstić information content (AvgIpc) is 2.27. The molecule has 1 aliphatic heterocycles. The van der Waals surface area contributed by atoms with Gasteiger partial charge in [-0.2, -0.15) is 0 Å². The third-order valence-corrected chi connectivity index (χ3v) is 2.71. The van der Waals surface area contributed by atoms with E-state index in [0.29, 0.717) is 13.1 Å². The summed E-state index contributed by atoms with van der Waals surface area (Å²) >= 11 is 0. The first kappa shape index (κ1) is 12.0. The van der Waals surface area contributed by atoms with Crippen molar-refractivity contribution in [1.82, 2.24) is 9.88 Å². The van der Waals surface area contributed by atoms with Crippen LogP contribution in [-0.4, -0.2) is 41.1 Å². The highest BCUT2D eigenvalue weighted by Crippen LogP contribution is 2.15. The summed E-state index contributed by atoms with van der Waals surface area (Å²) < 4.78 is 19.0. The van der Waals surface area contributed by atoms with E-state index < -0.39 is 5.82 Å². The number of halogens is 1. The Kier molecular flexibility index (Phi) is 3.38. The Bertz CT molecular complexity index is 415. The lowest BCUT2D eigenvalue weighted by Crippen LogP contribution is -2.48. The zero-order valence-corrected chi connectivity index (χ0v) is 9.89. The molecule has 92 valence electrons. The molecule has 1 fully saturated rings. The molecule has 0 aliphatic carbocycles. The molecule has 1 aromatic rings. The molecule has 1 saturated heterocycles. The smallest absolute Gasteiger partial charge is 0.257 e. The predicted octanol–water partition coefficient (Wildman–Crippen LogP) is 1.47. The van der Waals surface area contributed by atoms with Crippen LogP contribution in [0.5, 0.6) is 0 Å². The van der Waals surface area contributed by atoms with Crippen LogP contribution in [0.3, 0.4) is 0 Å². The monoisotopic (exact) mass is 238 g/mol. The quantitative estimate of drug-likeness (QED) is 0.744. The van der Waals surface area contributed by atoms with Crippen LogP contribution in [0, 0.1) is 5.82 Å². The van der Waals surface area contributed by atoms with Crippen LogP contribution in [0.2, 0.25) is 0 Å². The molecule has 1 amide bonds. The number of rotatable bonds is 1.